The molecule has 2 aromatic rings. The number of aryl methyl sites for hydroxylation is 1. The fourth-order valence-corrected chi connectivity index (χ4v) is 3.78. The standard InChI is InChI=1S/C22H21NO5S/c1-4-28-22(26)18-20(25)17(12-14-9-7-8-13(2)19(14)24)29-21(18)23-15-10-5-6-11-16(15)27-3/h5-12,24-25H,4H2,1-3H3. The minimum atomic E-state index is -0.664. The molecule has 0 saturated heterocycles. The van der Waals surface area contributed by atoms with E-state index in [9.17, 15) is 15.0 Å². The fourth-order valence-electron chi connectivity index (χ4n) is 2.76. The first-order chi connectivity index (χ1) is 14.0. The van der Waals surface area contributed by atoms with Crippen LogP contribution in [0.15, 0.2) is 63.7 Å². The second-order valence-corrected chi connectivity index (χ2v) is 7.19. The van der Waals surface area contributed by atoms with Crippen LogP contribution in [0.3, 0.4) is 0 Å². The number of hydrogen-bond acceptors (Lipinski definition) is 7. The summed E-state index contributed by atoms with van der Waals surface area (Å²) in [6.45, 7) is 3.64. The summed E-state index contributed by atoms with van der Waals surface area (Å²) >= 11 is 1.12. The number of aliphatic hydroxyl groups is 1. The van der Waals surface area contributed by atoms with Crippen molar-refractivity contribution in [2.75, 3.05) is 13.7 Å². The molecule has 0 amide bonds. The number of aromatic hydroxyl groups is 1. The number of phenols is 1. The van der Waals surface area contributed by atoms with Crippen LogP contribution in [-0.4, -0.2) is 34.9 Å². The molecular weight excluding hydrogens is 390 g/mol. The van der Waals surface area contributed by atoms with Gasteiger partial charge in [-0.25, -0.2) is 9.79 Å². The van der Waals surface area contributed by atoms with Gasteiger partial charge < -0.3 is 19.7 Å². The van der Waals surface area contributed by atoms with Crippen LogP contribution in [0.4, 0.5) is 5.69 Å². The molecule has 0 bridgehead atoms. The van der Waals surface area contributed by atoms with E-state index in [2.05, 4.69) is 4.99 Å². The first kappa shape index (κ1) is 20.5. The SMILES string of the molecule is CCOC(=O)C1=C(O)C(=Cc2cccc(C)c2O)SC1=Nc1ccccc1OC. The maximum Gasteiger partial charge on any atom is 0.344 e. The lowest BCUT2D eigenvalue weighted by Gasteiger charge is -2.06. The molecule has 3 rings (SSSR count). The number of aliphatic hydroxyl groups excluding tert-OH is 1. The second kappa shape index (κ2) is 8.87. The molecule has 1 aliphatic rings. The Hall–Kier alpha value is -3.19. The number of nitrogens with zero attached hydrogens (tertiary/aromatic N) is 1. The normalized spacial score (nSPS) is 16.5. The number of rotatable bonds is 5. The lowest BCUT2D eigenvalue weighted by atomic mass is 10.1. The number of hydrogen-bond donors (Lipinski definition) is 2. The molecule has 2 aromatic carbocycles. The summed E-state index contributed by atoms with van der Waals surface area (Å²) in [5, 5.41) is 21.3. The Morgan fingerprint density at radius 2 is 1.93 bits per heavy atom. The van der Waals surface area contributed by atoms with Crippen molar-refractivity contribution in [3.8, 4) is 11.5 Å². The van der Waals surface area contributed by atoms with Gasteiger partial charge in [0.2, 0.25) is 0 Å². The van der Waals surface area contributed by atoms with Crippen molar-refractivity contribution in [2.24, 2.45) is 4.99 Å². The van der Waals surface area contributed by atoms with Crippen LogP contribution in [0.5, 0.6) is 11.5 Å². The van der Waals surface area contributed by atoms with Gasteiger partial charge in [-0.3, -0.25) is 0 Å². The van der Waals surface area contributed by atoms with Gasteiger partial charge in [-0.15, -0.1) is 0 Å². The molecule has 0 fully saturated rings. The topological polar surface area (TPSA) is 88.4 Å². The van der Waals surface area contributed by atoms with Crippen molar-refractivity contribution in [3.63, 3.8) is 0 Å². The zero-order valence-corrected chi connectivity index (χ0v) is 17.1. The van der Waals surface area contributed by atoms with Gasteiger partial charge in [0, 0.05) is 5.56 Å². The first-order valence-corrected chi connectivity index (χ1v) is 9.78. The van der Waals surface area contributed by atoms with Gasteiger partial charge in [-0.1, -0.05) is 42.1 Å². The smallest absolute Gasteiger partial charge is 0.344 e. The molecule has 6 nitrogen and oxygen atoms in total. The predicted molar refractivity (Wildman–Crippen MR) is 115 cm³/mol. The van der Waals surface area contributed by atoms with Gasteiger partial charge >= 0.3 is 5.97 Å². The summed E-state index contributed by atoms with van der Waals surface area (Å²) in [5.41, 5.74) is 1.74. The van der Waals surface area contributed by atoms with Crippen molar-refractivity contribution in [1.29, 1.82) is 0 Å². The van der Waals surface area contributed by atoms with Gasteiger partial charge in [-0.05, 0) is 37.6 Å². The summed E-state index contributed by atoms with van der Waals surface area (Å²) < 4.78 is 10.4. The van der Waals surface area contributed by atoms with Crippen LogP contribution in [0.1, 0.15) is 18.1 Å². The highest BCUT2D eigenvalue weighted by Gasteiger charge is 2.33. The van der Waals surface area contributed by atoms with E-state index in [4.69, 9.17) is 9.47 Å². The Morgan fingerprint density at radius 3 is 2.66 bits per heavy atom. The molecule has 0 spiro atoms. The monoisotopic (exact) mass is 411 g/mol. The van der Waals surface area contributed by atoms with Crippen LogP contribution >= 0.6 is 11.8 Å². The molecular formula is C22H21NO5S. The van der Waals surface area contributed by atoms with E-state index < -0.39 is 5.97 Å². The number of benzene rings is 2. The van der Waals surface area contributed by atoms with E-state index in [1.807, 2.05) is 6.07 Å². The number of carbonyl (C=O) groups excluding carboxylic acids is 1. The Bertz CT molecular complexity index is 1040. The first-order valence-electron chi connectivity index (χ1n) is 8.97. The number of aliphatic imine (C=N–C) groups is 1. The lowest BCUT2D eigenvalue weighted by molar-refractivity contribution is -0.138. The minimum Gasteiger partial charge on any atom is -0.507 e. The number of phenolic OH excluding ortho intramolecular Hbond substituents is 1. The molecule has 0 atom stereocenters. The maximum absolute atomic E-state index is 12.5. The summed E-state index contributed by atoms with van der Waals surface area (Å²) in [6.07, 6.45) is 1.62. The highest BCUT2D eigenvalue weighted by Crippen LogP contribution is 2.42. The average Bonchev–Trinajstić information content (AvgIpc) is 3.01. The third kappa shape index (κ3) is 4.30. The second-order valence-electron chi connectivity index (χ2n) is 6.16. The van der Waals surface area contributed by atoms with E-state index >= 15 is 0 Å². The van der Waals surface area contributed by atoms with Crippen LogP contribution in [-0.2, 0) is 9.53 Å². The van der Waals surface area contributed by atoms with E-state index in [0.29, 0.717) is 32.5 Å². The van der Waals surface area contributed by atoms with Crippen LogP contribution in [0, 0.1) is 6.92 Å². The van der Waals surface area contributed by atoms with Crippen molar-refractivity contribution in [3.05, 3.63) is 69.8 Å². The quantitative estimate of drug-likeness (QED) is 0.680. The number of esters is 1. The van der Waals surface area contributed by atoms with Crippen LogP contribution < -0.4 is 4.74 Å². The molecule has 150 valence electrons. The Morgan fingerprint density at radius 1 is 1.17 bits per heavy atom. The van der Waals surface area contributed by atoms with Gasteiger partial charge in [-0.2, -0.15) is 0 Å². The zero-order chi connectivity index (χ0) is 21.0. The highest BCUT2D eigenvalue weighted by molar-refractivity contribution is 8.18. The molecule has 7 heteroatoms. The van der Waals surface area contributed by atoms with Crippen LogP contribution in [0.25, 0.3) is 6.08 Å². The molecule has 2 N–H and O–H groups in total. The largest absolute Gasteiger partial charge is 0.507 e. The maximum atomic E-state index is 12.5. The van der Waals surface area contributed by atoms with E-state index in [-0.39, 0.29) is 23.7 Å². The summed E-state index contributed by atoms with van der Waals surface area (Å²) in [5.74, 6) is -0.246. The van der Waals surface area contributed by atoms with E-state index in [1.165, 1.54) is 7.11 Å². The molecule has 0 radical (unpaired) electrons. The Labute approximate surface area is 173 Å². The van der Waals surface area contributed by atoms with Crippen LogP contribution in [0.2, 0.25) is 0 Å². The van der Waals surface area contributed by atoms with Crippen molar-refractivity contribution < 1.29 is 24.5 Å². The summed E-state index contributed by atoms with van der Waals surface area (Å²) in [6, 6.07) is 12.4. The van der Waals surface area contributed by atoms with Gasteiger partial charge in [0.05, 0.1) is 18.6 Å². The molecule has 29 heavy (non-hydrogen) atoms. The van der Waals surface area contributed by atoms with Gasteiger partial charge in [0.25, 0.3) is 0 Å². The lowest BCUT2D eigenvalue weighted by Crippen LogP contribution is -2.12. The van der Waals surface area contributed by atoms with E-state index in [1.54, 1.807) is 56.3 Å². The molecule has 0 saturated carbocycles. The molecule has 0 aromatic heterocycles. The Kier molecular flexibility index (Phi) is 6.29. The molecule has 0 aliphatic carbocycles. The van der Waals surface area contributed by atoms with Crippen molar-refractivity contribution >= 4 is 34.5 Å². The third-order valence-electron chi connectivity index (χ3n) is 4.23. The van der Waals surface area contributed by atoms with E-state index in [0.717, 1.165) is 11.8 Å². The summed E-state index contributed by atoms with van der Waals surface area (Å²) in [4.78, 5) is 17.4. The van der Waals surface area contributed by atoms with Crippen molar-refractivity contribution in [1.82, 2.24) is 0 Å². The Balaban J connectivity index is 2.11. The number of thioether (sulfide) groups is 1. The van der Waals surface area contributed by atoms with Gasteiger partial charge in [0.1, 0.15) is 33.6 Å². The molecule has 0 unspecified atom stereocenters. The summed E-state index contributed by atoms with van der Waals surface area (Å²) in [7, 11) is 1.53. The number of ether oxygens (including phenoxy) is 2. The third-order valence-corrected chi connectivity index (χ3v) is 5.25. The minimum absolute atomic E-state index is 0.0128. The number of para-hydroxylation sites is 3. The predicted octanol–water partition coefficient (Wildman–Crippen LogP) is 4.90. The van der Waals surface area contributed by atoms with Gasteiger partial charge in [0.15, 0.2) is 0 Å². The molecule has 1 aliphatic heterocycles. The fraction of sp³-hybridized carbons (Fsp3) is 0.182. The zero-order valence-electron chi connectivity index (χ0n) is 16.3. The van der Waals surface area contributed by atoms with Crippen molar-refractivity contribution in [2.45, 2.75) is 13.8 Å². The number of methoxy groups -OCH3 is 1. The molecule has 1 heterocycles. The average molecular weight is 411 g/mol. The highest BCUT2D eigenvalue weighted by atomic mass is 32.2. The number of carbonyl (C=O) groups is 1.